The SMILES string of the molecule is CCOC(=O)C(CN(CC1CC1)C1CC1)NC. The van der Waals surface area contributed by atoms with Crippen molar-refractivity contribution in [3.05, 3.63) is 0 Å². The third-order valence-corrected chi connectivity index (χ3v) is 3.59. The monoisotopic (exact) mass is 240 g/mol. The zero-order valence-corrected chi connectivity index (χ0v) is 10.9. The lowest BCUT2D eigenvalue weighted by Gasteiger charge is -2.26. The summed E-state index contributed by atoms with van der Waals surface area (Å²) in [6.45, 7) is 4.29. The van der Waals surface area contributed by atoms with Crippen LogP contribution in [0.5, 0.6) is 0 Å². The van der Waals surface area contributed by atoms with E-state index in [2.05, 4.69) is 10.2 Å². The number of carbonyl (C=O) groups is 1. The average Bonchev–Trinajstić information content (AvgIpc) is 3.16. The lowest BCUT2D eigenvalue weighted by Crippen LogP contribution is -2.46. The molecule has 0 aromatic heterocycles. The molecular formula is C13H24N2O2. The van der Waals surface area contributed by atoms with Crippen molar-refractivity contribution in [3.63, 3.8) is 0 Å². The Balaban J connectivity index is 1.82. The van der Waals surface area contributed by atoms with Gasteiger partial charge in [-0.05, 0) is 45.6 Å². The molecule has 0 aromatic carbocycles. The van der Waals surface area contributed by atoms with Crippen LogP contribution in [0.1, 0.15) is 32.6 Å². The Morgan fingerprint density at radius 2 is 2.12 bits per heavy atom. The largest absolute Gasteiger partial charge is 0.465 e. The zero-order chi connectivity index (χ0) is 12.3. The minimum Gasteiger partial charge on any atom is -0.465 e. The number of ether oxygens (including phenoxy) is 1. The summed E-state index contributed by atoms with van der Waals surface area (Å²) in [5.41, 5.74) is 0. The summed E-state index contributed by atoms with van der Waals surface area (Å²) in [6.07, 6.45) is 5.33. The second-order valence-electron chi connectivity index (χ2n) is 5.22. The highest BCUT2D eigenvalue weighted by Gasteiger charge is 2.35. The smallest absolute Gasteiger partial charge is 0.324 e. The molecule has 98 valence electrons. The first kappa shape index (κ1) is 12.8. The minimum absolute atomic E-state index is 0.114. The van der Waals surface area contributed by atoms with E-state index in [1.807, 2.05) is 14.0 Å². The second-order valence-corrected chi connectivity index (χ2v) is 5.22. The summed E-state index contributed by atoms with van der Waals surface area (Å²) in [5.74, 6) is 0.770. The topological polar surface area (TPSA) is 41.6 Å². The van der Waals surface area contributed by atoms with Crippen LogP contribution in [0.2, 0.25) is 0 Å². The van der Waals surface area contributed by atoms with Crippen LogP contribution in [-0.4, -0.2) is 49.7 Å². The summed E-state index contributed by atoms with van der Waals surface area (Å²) < 4.78 is 5.09. The Bertz CT molecular complexity index is 262. The predicted octanol–water partition coefficient (Wildman–Crippen LogP) is 1.01. The van der Waals surface area contributed by atoms with Gasteiger partial charge in [0, 0.05) is 19.1 Å². The van der Waals surface area contributed by atoms with Gasteiger partial charge < -0.3 is 10.1 Å². The van der Waals surface area contributed by atoms with Gasteiger partial charge in [-0.25, -0.2) is 0 Å². The van der Waals surface area contributed by atoms with E-state index in [9.17, 15) is 4.79 Å². The molecule has 2 fully saturated rings. The molecule has 2 aliphatic rings. The van der Waals surface area contributed by atoms with Crippen molar-refractivity contribution in [3.8, 4) is 0 Å². The number of hydrogen-bond acceptors (Lipinski definition) is 4. The molecule has 4 heteroatoms. The van der Waals surface area contributed by atoms with Crippen molar-refractivity contribution < 1.29 is 9.53 Å². The maximum absolute atomic E-state index is 11.7. The van der Waals surface area contributed by atoms with Crippen molar-refractivity contribution in [2.24, 2.45) is 5.92 Å². The quantitative estimate of drug-likeness (QED) is 0.643. The molecule has 0 radical (unpaired) electrons. The first-order chi connectivity index (χ1) is 8.24. The van der Waals surface area contributed by atoms with E-state index >= 15 is 0 Å². The van der Waals surface area contributed by atoms with Crippen LogP contribution >= 0.6 is 0 Å². The Hall–Kier alpha value is -0.610. The number of nitrogens with one attached hydrogen (secondary N) is 1. The van der Waals surface area contributed by atoms with Crippen LogP contribution in [0.4, 0.5) is 0 Å². The van der Waals surface area contributed by atoms with Gasteiger partial charge in [0.25, 0.3) is 0 Å². The fourth-order valence-electron chi connectivity index (χ4n) is 2.21. The fourth-order valence-corrected chi connectivity index (χ4v) is 2.21. The molecule has 1 atom stereocenters. The molecule has 0 aromatic rings. The van der Waals surface area contributed by atoms with Gasteiger partial charge in [0.15, 0.2) is 0 Å². The van der Waals surface area contributed by atoms with E-state index in [1.165, 1.54) is 32.2 Å². The van der Waals surface area contributed by atoms with Gasteiger partial charge in [0.1, 0.15) is 6.04 Å². The van der Waals surface area contributed by atoms with E-state index in [4.69, 9.17) is 4.74 Å². The fraction of sp³-hybridized carbons (Fsp3) is 0.923. The Morgan fingerprint density at radius 1 is 1.41 bits per heavy atom. The van der Waals surface area contributed by atoms with E-state index in [0.717, 1.165) is 18.5 Å². The van der Waals surface area contributed by atoms with Crippen LogP contribution < -0.4 is 5.32 Å². The maximum Gasteiger partial charge on any atom is 0.324 e. The second kappa shape index (κ2) is 5.83. The third kappa shape index (κ3) is 3.96. The lowest BCUT2D eigenvalue weighted by molar-refractivity contribution is -0.146. The van der Waals surface area contributed by atoms with E-state index in [1.54, 1.807) is 0 Å². The molecule has 1 unspecified atom stereocenters. The number of esters is 1. The van der Waals surface area contributed by atoms with Crippen LogP contribution in [-0.2, 0) is 9.53 Å². The molecule has 0 bridgehead atoms. The molecule has 2 aliphatic carbocycles. The highest BCUT2D eigenvalue weighted by molar-refractivity contribution is 5.76. The first-order valence-corrected chi connectivity index (χ1v) is 6.82. The van der Waals surface area contributed by atoms with Crippen molar-refractivity contribution in [2.45, 2.75) is 44.7 Å². The summed E-state index contributed by atoms with van der Waals surface area (Å²) in [7, 11) is 1.84. The van der Waals surface area contributed by atoms with Crippen LogP contribution in [0.3, 0.4) is 0 Å². The van der Waals surface area contributed by atoms with Crippen LogP contribution in [0.15, 0.2) is 0 Å². The summed E-state index contributed by atoms with van der Waals surface area (Å²) in [5, 5.41) is 3.08. The van der Waals surface area contributed by atoms with Crippen LogP contribution in [0, 0.1) is 5.92 Å². The number of likely N-dealkylation sites (N-methyl/N-ethyl adjacent to an activating group) is 1. The van der Waals surface area contributed by atoms with Gasteiger partial charge in [-0.1, -0.05) is 0 Å². The van der Waals surface area contributed by atoms with Gasteiger partial charge in [-0.15, -0.1) is 0 Å². The molecule has 0 amide bonds. The van der Waals surface area contributed by atoms with Gasteiger partial charge in [0.2, 0.25) is 0 Å². The maximum atomic E-state index is 11.7. The van der Waals surface area contributed by atoms with Crippen molar-refractivity contribution >= 4 is 5.97 Å². The van der Waals surface area contributed by atoms with Gasteiger partial charge in [-0.3, -0.25) is 9.69 Å². The number of carbonyl (C=O) groups excluding carboxylic acids is 1. The molecule has 2 rings (SSSR count). The van der Waals surface area contributed by atoms with Crippen LogP contribution in [0.25, 0.3) is 0 Å². The highest BCUT2D eigenvalue weighted by atomic mass is 16.5. The molecule has 1 N–H and O–H groups in total. The molecule has 0 saturated heterocycles. The minimum atomic E-state index is -0.172. The van der Waals surface area contributed by atoms with E-state index in [-0.39, 0.29) is 12.0 Å². The van der Waals surface area contributed by atoms with E-state index < -0.39 is 0 Å². The lowest BCUT2D eigenvalue weighted by atomic mass is 10.2. The molecule has 2 saturated carbocycles. The Morgan fingerprint density at radius 3 is 2.59 bits per heavy atom. The summed E-state index contributed by atoms with van der Waals surface area (Å²) in [6, 6.07) is 0.551. The number of nitrogens with zero attached hydrogens (tertiary/aromatic N) is 1. The van der Waals surface area contributed by atoms with Crippen molar-refractivity contribution in [1.82, 2.24) is 10.2 Å². The number of hydrogen-bond donors (Lipinski definition) is 1. The van der Waals surface area contributed by atoms with Crippen molar-refractivity contribution in [1.29, 1.82) is 0 Å². The standard InChI is InChI=1S/C13H24N2O2/c1-3-17-13(16)12(14-2)9-15(11-6-7-11)8-10-4-5-10/h10-12,14H,3-9H2,1-2H3. The third-order valence-electron chi connectivity index (χ3n) is 3.59. The van der Waals surface area contributed by atoms with Crippen molar-refractivity contribution in [2.75, 3.05) is 26.7 Å². The molecule has 0 heterocycles. The Kier molecular flexibility index (Phi) is 4.40. The summed E-state index contributed by atoms with van der Waals surface area (Å²) >= 11 is 0. The first-order valence-electron chi connectivity index (χ1n) is 6.82. The van der Waals surface area contributed by atoms with Gasteiger partial charge in [-0.2, -0.15) is 0 Å². The van der Waals surface area contributed by atoms with E-state index in [0.29, 0.717) is 6.61 Å². The average molecular weight is 240 g/mol. The molecule has 0 spiro atoms. The Labute approximate surface area is 104 Å². The van der Waals surface area contributed by atoms with Gasteiger partial charge >= 0.3 is 5.97 Å². The van der Waals surface area contributed by atoms with Gasteiger partial charge in [0.05, 0.1) is 6.61 Å². The molecule has 0 aliphatic heterocycles. The highest BCUT2D eigenvalue weighted by Crippen LogP contribution is 2.34. The summed E-state index contributed by atoms with van der Waals surface area (Å²) in [4.78, 5) is 14.2. The number of rotatable bonds is 8. The molecule has 4 nitrogen and oxygen atoms in total. The normalized spacial score (nSPS) is 21.6. The predicted molar refractivity (Wildman–Crippen MR) is 66.8 cm³/mol. The zero-order valence-electron chi connectivity index (χ0n) is 10.9. The molecular weight excluding hydrogens is 216 g/mol. The molecule has 17 heavy (non-hydrogen) atoms.